The molecular formula is C12H14Br2ClNO. The lowest BCUT2D eigenvalue weighted by atomic mass is 10.1. The molecule has 0 heterocycles. The van der Waals surface area contributed by atoms with Gasteiger partial charge in [0.25, 0.3) is 5.91 Å². The van der Waals surface area contributed by atoms with Crippen molar-refractivity contribution in [2.45, 2.75) is 25.8 Å². The fourth-order valence-corrected chi connectivity index (χ4v) is 2.47. The summed E-state index contributed by atoms with van der Waals surface area (Å²) in [4.78, 5) is 12.0. The topological polar surface area (TPSA) is 29.1 Å². The van der Waals surface area contributed by atoms with E-state index in [2.05, 4.69) is 44.1 Å². The Labute approximate surface area is 123 Å². The summed E-state index contributed by atoms with van der Waals surface area (Å²) in [6.07, 6.45) is 1.85. The first kappa shape index (κ1) is 15.0. The zero-order chi connectivity index (χ0) is 12.8. The van der Waals surface area contributed by atoms with Crippen LogP contribution in [0.1, 0.15) is 30.1 Å². The van der Waals surface area contributed by atoms with Crippen molar-refractivity contribution in [2.75, 3.05) is 5.33 Å². The second-order valence-electron chi connectivity index (χ2n) is 3.69. The Balaban J connectivity index is 2.72. The van der Waals surface area contributed by atoms with Crippen LogP contribution in [-0.2, 0) is 0 Å². The van der Waals surface area contributed by atoms with Gasteiger partial charge in [-0.3, -0.25) is 4.79 Å². The van der Waals surface area contributed by atoms with Crippen LogP contribution in [-0.4, -0.2) is 17.3 Å². The Bertz CT molecular complexity index is 398. The molecule has 0 radical (unpaired) electrons. The Morgan fingerprint density at radius 3 is 2.76 bits per heavy atom. The predicted molar refractivity (Wildman–Crippen MR) is 79.1 cm³/mol. The molecule has 5 heteroatoms. The first-order valence-corrected chi connectivity index (χ1v) is 7.69. The molecule has 1 unspecified atom stereocenters. The average Bonchev–Trinajstić information content (AvgIpc) is 2.31. The molecule has 17 heavy (non-hydrogen) atoms. The van der Waals surface area contributed by atoms with Gasteiger partial charge in [-0.1, -0.05) is 34.5 Å². The first-order chi connectivity index (χ1) is 8.08. The van der Waals surface area contributed by atoms with Crippen molar-refractivity contribution < 1.29 is 4.79 Å². The number of rotatable bonds is 5. The highest BCUT2D eigenvalue weighted by molar-refractivity contribution is 9.10. The summed E-state index contributed by atoms with van der Waals surface area (Å²) in [5.74, 6) is -0.0600. The minimum Gasteiger partial charge on any atom is -0.349 e. The maximum absolute atomic E-state index is 12.0. The zero-order valence-electron chi connectivity index (χ0n) is 9.47. The second kappa shape index (κ2) is 7.39. The lowest BCUT2D eigenvalue weighted by Crippen LogP contribution is -2.34. The number of hydrogen-bond donors (Lipinski definition) is 1. The van der Waals surface area contributed by atoms with E-state index >= 15 is 0 Å². The highest BCUT2D eigenvalue weighted by Gasteiger charge is 2.12. The molecule has 0 saturated carbocycles. The molecule has 1 N–H and O–H groups in total. The van der Waals surface area contributed by atoms with Crippen molar-refractivity contribution in [3.63, 3.8) is 0 Å². The minimum absolute atomic E-state index is 0.0600. The SMILES string of the molecule is CCC(CCBr)NC(=O)c1ccc(Cl)c(Br)c1. The van der Waals surface area contributed by atoms with Gasteiger partial charge in [-0.2, -0.15) is 0 Å². The Morgan fingerprint density at radius 2 is 2.24 bits per heavy atom. The number of alkyl halides is 1. The van der Waals surface area contributed by atoms with Crippen molar-refractivity contribution >= 4 is 49.4 Å². The summed E-state index contributed by atoms with van der Waals surface area (Å²) in [7, 11) is 0. The maximum atomic E-state index is 12.0. The first-order valence-electron chi connectivity index (χ1n) is 5.40. The molecule has 2 nitrogen and oxygen atoms in total. The normalized spacial score (nSPS) is 12.2. The molecule has 0 bridgehead atoms. The predicted octanol–water partition coefficient (Wildman–Crippen LogP) is 4.40. The molecule has 0 saturated heterocycles. The van der Waals surface area contributed by atoms with E-state index in [1.54, 1.807) is 18.2 Å². The highest BCUT2D eigenvalue weighted by atomic mass is 79.9. The number of benzene rings is 1. The Hall–Kier alpha value is -0.0600. The van der Waals surface area contributed by atoms with E-state index < -0.39 is 0 Å². The van der Waals surface area contributed by atoms with Crippen LogP contribution in [0.3, 0.4) is 0 Å². The van der Waals surface area contributed by atoms with Crippen LogP contribution in [0.4, 0.5) is 0 Å². The number of carbonyl (C=O) groups is 1. The van der Waals surface area contributed by atoms with Gasteiger partial charge in [-0.25, -0.2) is 0 Å². The Morgan fingerprint density at radius 1 is 1.53 bits per heavy atom. The van der Waals surface area contributed by atoms with Crippen LogP contribution >= 0.6 is 43.5 Å². The largest absolute Gasteiger partial charge is 0.349 e. The number of hydrogen-bond acceptors (Lipinski definition) is 1. The van der Waals surface area contributed by atoms with Crippen LogP contribution in [0.5, 0.6) is 0 Å². The summed E-state index contributed by atoms with van der Waals surface area (Å²) < 4.78 is 0.736. The smallest absolute Gasteiger partial charge is 0.251 e. The third kappa shape index (κ3) is 4.60. The molecule has 0 fully saturated rings. The van der Waals surface area contributed by atoms with E-state index in [1.165, 1.54) is 0 Å². The van der Waals surface area contributed by atoms with E-state index in [0.717, 1.165) is 22.6 Å². The molecule has 1 rings (SSSR count). The molecule has 0 aromatic heterocycles. The Kier molecular flexibility index (Phi) is 6.52. The summed E-state index contributed by atoms with van der Waals surface area (Å²) in [5, 5.41) is 4.49. The standard InChI is InChI=1S/C12H14Br2ClNO/c1-2-9(5-6-13)16-12(17)8-3-4-11(15)10(14)7-8/h3-4,7,9H,2,5-6H2,1H3,(H,16,17). The molecule has 0 spiro atoms. The van der Waals surface area contributed by atoms with Crippen molar-refractivity contribution in [1.82, 2.24) is 5.32 Å². The molecule has 0 aliphatic carbocycles. The fraction of sp³-hybridized carbons (Fsp3) is 0.417. The monoisotopic (exact) mass is 381 g/mol. The van der Waals surface area contributed by atoms with Gasteiger partial charge < -0.3 is 5.32 Å². The van der Waals surface area contributed by atoms with Gasteiger partial charge in [0.05, 0.1) is 5.02 Å². The van der Waals surface area contributed by atoms with Crippen LogP contribution in [0.25, 0.3) is 0 Å². The van der Waals surface area contributed by atoms with E-state index in [-0.39, 0.29) is 11.9 Å². The van der Waals surface area contributed by atoms with E-state index in [1.807, 2.05) is 0 Å². The number of halogens is 3. The quantitative estimate of drug-likeness (QED) is 0.751. The van der Waals surface area contributed by atoms with Gasteiger partial charge in [0.15, 0.2) is 0 Å². The minimum atomic E-state index is -0.0600. The summed E-state index contributed by atoms with van der Waals surface area (Å²) in [6.45, 7) is 2.06. The van der Waals surface area contributed by atoms with Crippen LogP contribution in [0.15, 0.2) is 22.7 Å². The fourth-order valence-electron chi connectivity index (χ4n) is 1.42. The van der Waals surface area contributed by atoms with Gasteiger partial charge in [0, 0.05) is 21.4 Å². The van der Waals surface area contributed by atoms with Gasteiger partial charge in [0.2, 0.25) is 0 Å². The lowest BCUT2D eigenvalue weighted by Gasteiger charge is -2.15. The van der Waals surface area contributed by atoms with Crippen molar-refractivity contribution in [3.05, 3.63) is 33.3 Å². The van der Waals surface area contributed by atoms with Gasteiger partial charge in [0.1, 0.15) is 0 Å². The number of carbonyl (C=O) groups excluding carboxylic acids is 1. The van der Waals surface area contributed by atoms with E-state index in [9.17, 15) is 4.79 Å². The summed E-state index contributed by atoms with van der Waals surface area (Å²) in [6, 6.07) is 5.38. The summed E-state index contributed by atoms with van der Waals surface area (Å²) >= 11 is 12.6. The van der Waals surface area contributed by atoms with Crippen molar-refractivity contribution in [2.24, 2.45) is 0 Å². The molecule has 94 valence electrons. The third-order valence-electron chi connectivity index (χ3n) is 2.47. The van der Waals surface area contributed by atoms with Crippen molar-refractivity contribution in [1.29, 1.82) is 0 Å². The number of nitrogens with one attached hydrogen (secondary N) is 1. The second-order valence-corrected chi connectivity index (χ2v) is 5.74. The van der Waals surface area contributed by atoms with Crippen molar-refractivity contribution in [3.8, 4) is 0 Å². The highest BCUT2D eigenvalue weighted by Crippen LogP contribution is 2.23. The molecule has 1 atom stereocenters. The van der Waals surface area contributed by atoms with Crippen LogP contribution in [0.2, 0.25) is 5.02 Å². The van der Waals surface area contributed by atoms with Crippen LogP contribution in [0, 0.1) is 0 Å². The van der Waals surface area contributed by atoms with E-state index in [4.69, 9.17) is 11.6 Å². The van der Waals surface area contributed by atoms with Crippen LogP contribution < -0.4 is 5.32 Å². The summed E-state index contributed by atoms with van der Waals surface area (Å²) in [5.41, 5.74) is 0.620. The number of amides is 1. The molecule has 0 aliphatic heterocycles. The van der Waals surface area contributed by atoms with E-state index in [0.29, 0.717) is 10.6 Å². The molecule has 0 aliphatic rings. The molecule has 1 aromatic carbocycles. The van der Waals surface area contributed by atoms with Gasteiger partial charge in [-0.15, -0.1) is 0 Å². The molecule has 1 amide bonds. The lowest BCUT2D eigenvalue weighted by molar-refractivity contribution is 0.0935. The molecule has 1 aromatic rings. The zero-order valence-corrected chi connectivity index (χ0v) is 13.4. The third-order valence-corrected chi connectivity index (χ3v) is 4.14. The maximum Gasteiger partial charge on any atom is 0.251 e. The molecular weight excluding hydrogens is 369 g/mol. The van der Waals surface area contributed by atoms with Gasteiger partial charge in [-0.05, 0) is 47.0 Å². The average molecular weight is 384 g/mol. The van der Waals surface area contributed by atoms with Gasteiger partial charge >= 0.3 is 0 Å².